The minimum Gasteiger partial charge on any atom is -0.347 e. The molecule has 29 heavy (non-hydrogen) atoms. The minimum absolute atomic E-state index is 0.0461. The van der Waals surface area contributed by atoms with Crippen molar-refractivity contribution >= 4 is 21.7 Å². The van der Waals surface area contributed by atoms with Gasteiger partial charge in [0.1, 0.15) is 5.69 Å². The number of amides is 2. The van der Waals surface area contributed by atoms with Crippen LogP contribution in [-0.4, -0.2) is 59.0 Å². The third kappa shape index (κ3) is 4.34. The highest BCUT2D eigenvalue weighted by Crippen LogP contribution is 2.18. The summed E-state index contributed by atoms with van der Waals surface area (Å²) in [6.07, 6.45) is 1.15. The zero-order chi connectivity index (χ0) is 20.6. The molecule has 1 saturated heterocycles. The molecule has 2 aromatic rings. The van der Waals surface area contributed by atoms with Crippen molar-refractivity contribution in [2.45, 2.75) is 38.9 Å². The van der Waals surface area contributed by atoms with Crippen LogP contribution in [-0.2, 0) is 22.9 Å². The van der Waals surface area contributed by atoms with Gasteiger partial charge in [-0.3, -0.25) is 14.3 Å². The number of carbonyl (C=O) groups is 2. The van der Waals surface area contributed by atoms with Crippen molar-refractivity contribution in [2.24, 2.45) is 0 Å². The Balaban J connectivity index is 1.49. The zero-order valence-electron chi connectivity index (χ0n) is 16.3. The van der Waals surface area contributed by atoms with E-state index in [4.69, 9.17) is 0 Å². The molecule has 0 radical (unpaired) electrons. The van der Waals surface area contributed by atoms with Crippen molar-refractivity contribution in [1.82, 2.24) is 20.0 Å². The van der Waals surface area contributed by atoms with Crippen molar-refractivity contribution in [3.05, 3.63) is 52.8 Å². The van der Waals surface area contributed by atoms with Gasteiger partial charge in [0, 0.05) is 31.7 Å². The first-order chi connectivity index (χ1) is 13.8. The fourth-order valence-corrected chi connectivity index (χ4v) is 5.57. The van der Waals surface area contributed by atoms with Crippen LogP contribution < -0.4 is 5.32 Å². The van der Waals surface area contributed by atoms with E-state index in [0.717, 1.165) is 17.5 Å². The van der Waals surface area contributed by atoms with Crippen LogP contribution in [0, 0.1) is 6.92 Å². The number of sulfone groups is 1. The van der Waals surface area contributed by atoms with E-state index in [0.29, 0.717) is 31.7 Å². The molecule has 4 rings (SSSR count). The lowest BCUT2D eigenvalue weighted by atomic mass is 10.1. The van der Waals surface area contributed by atoms with Crippen molar-refractivity contribution in [3.63, 3.8) is 0 Å². The maximum absolute atomic E-state index is 13.0. The Morgan fingerprint density at radius 3 is 2.83 bits per heavy atom. The van der Waals surface area contributed by atoms with E-state index in [1.807, 2.05) is 25.1 Å². The second-order valence-electron chi connectivity index (χ2n) is 7.78. The van der Waals surface area contributed by atoms with Gasteiger partial charge in [0.25, 0.3) is 11.8 Å². The zero-order valence-corrected chi connectivity index (χ0v) is 17.1. The van der Waals surface area contributed by atoms with E-state index in [9.17, 15) is 18.0 Å². The molecule has 1 N–H and O–H groups in total. The highest BCUT2D eigenvalue weighted by atomic mass is 32.2. The molecule has 0 bridgehead atoms. The van der Waals surface area contributed by atoms with Gasteiger partial charge in [0.05, 0.1) is 11.5 Å². The number of aromatic nitrogens is 2. The van der Waals surface area contributed by atoms with Crippen molar-refractivity contribution in [1.29, 1.82) is 0 Å². The Bertz CT molecular complexity index is 1060. The minimum atomic E-state index is -3.08. The predicted molar refractivity (Wildman–Crippen MR) is 107 cm³/mol. The molecule has 8 nitrogen and oxygen atoms in total. The van der Waals surface area contributed by atoms with Gasteiger partial charge in [-0.15, -0.1) is 0 Å². The molecule has 0 saturated carbocycles. The summed E-state index contributed by atoms with van der Waals surface area (Å²) in [6.45, 7) is 3.70. The van der Waals surface area contributed by atoms with Gasteiger partial charge in [-0.1, -0.05) is 29.8 Å². The first kappa shape index (κ1) is 19.6. The molecule has 1 atom stereocenters. The van der Waals surface area contributed by atoms with Crippen molar-refractivity contribution < 1.29 is 18.0 Å². The Labute approximate surface area is 169 Å². The van der Waals surface area contributed by atoms with E-state index < -0.39 is 21.8 Å². The number of fused-ring (bicyclic) bond motifs is 1. The number of hydrogen-bond acceptors (Lipinski definition) is 5. The van der Waals surface area contributed by atoms with Gasteiger partial charge in [-0.25, -0.2) is 8.42 Å². The topological polar surface area (TPSA) is 101 Å². The molecule has 1 fully saturated rings. The number of carbonyl (C=O) groups excluding carboxylic acids is 2. The number of rotatable bonds is 4. The summed E-state index contributed by atoms with van der Waals surface area (Å²) in [4.78, 5) is 27.3. The average Bonchev–Trinajstić information content (AvgIpc) is 3.20. The number of hydrogen-bond donors (Lipinski definition) is 1. The number of aryl methyl sites for hydroxylation is 2. The Hall–Kier alpha value is -2.68. The first-order valence-electron chi connectivity index (χ1n) is 9.75. The number of benzene rings is 1. The largest absolute Gasteiger partial charge is 0.347 e. The molecule has 2 aliphatic rings. The van der Waals surface area contributed by atoms with Crippen LogP contribution in [0.15, 0.2) is 30.3 Å². The summed E-state index contributed by atoms with van der Waals surface area (Å²) < 4.78 is 24.8. The quantitative estimate of drug-likeness (QED) is 0.806. The standard InChI is InChI=1S/C20H24N4O4S/c1-14-4-2-5-15(10-14)12-23-7-3-8-24-18(20(23)26)11-17(22-24)19(25)21-16-6-9-29(27,28)13-16/h2,4-5,10-11,16H,3,6-9,12-13H2,1H3,(H,21,25)/t16-/m0/s1. The lowest BCUT2D eigenvalue weighted by Gasteiger charge is -2.20. The molecule has 9 heteroatoms. The summed E-state index contributed by atoms with van der Waals surface area (Å²) in [6, 6.07) is 9.16. The van der Waals surface area contributed by atoms with Crippen LogP contribution in [0.3, 0.4) is 0 Å². The van der Waals surface area contributed by atoms with Crippen LogP contribution in [0.25, 0.3) is 0 Å². The fourth-order valence-electron chi connectivity index (χ4n) is 3.90. The number of nitrogens with one attached hydrogen (secondary N) is 1. The highest BCUT2D eigenvalue weighted by molar-refractivity contribution is 7.91. The fraction of sp³-hybridized carbons (Fsp3) is 0.450. The second kappa shape index (κ2) is 7.62. The highest BCUT2D eigenvalue weighted by Gasteiger charge is 2.31. The van der Waals surface area contributed by atoms with Crippen LogP contribution >= 0.6 is 0 Å². The molecule has 0 aliphatic carbocycles. The van der Waals surface area contributed by atoms with E-state index >= 15 is 0 Å². The molecule has 2 amide bonds. The molecule has 154 valence electrons. The number of nitrogens with zero attached hydrogens (tertiary/aromatic N) is 3. The molecule has 1 aromatic heterocycles. The van der Waals surface area contributed by atoms with Gasteiger partial charge in [-0.2, -0.15) is 5.10 Å². The van der Waals surface area contributed by atoms with Crippen molar-refractivity contribution in [3.8, 4) is 0 Å². The van der Waals surface area contributed by atoms with Gasteiger partial charge < -0.3 is 10.2 Å². The summed E-state index contributed by atoms with van der Waals surface area (Å²) in [5, 5.41) is 7.03. The van der Waals surface area contributed by atoms with E-state index in [-0.39, 0.29) is 23.1 Å². The molecule has 2 aliphatic heterocycles. The molecule has 1 aromatic carbocycles. The molecule has 3 heterocycles. The Morgan fingerprint density at radius 1 is 1.28 bits per heavy atom. The summed E-state index contributed by atoms with van der Waals surface area (Å²) in [5.41, 5.74) is 2.74. The average molecular weight is 417 g/mol. The summed E-state index contributed by atoms with van der Waals surface area (Å²) >= 11 is 0. The third-order valence-electron chi connectivity index (χ3n) is 5.34. The van der Waals surface area contributed by atoms with Gasteiger partial charge >= 0.3 is 0 Å². The van der Waals surface area contributed by atoms with Gasteiger partial charge in [0.2, 0.25) is 0 Å². The van der Waals surface area contributed by atoms with E-state index in [1.54, 1.807) is 9.58 Å². The van der Waals surface area contributed by atoms with Crippen LogP contribution in [0.2, 0.25) is 0 Å². The monoisotopic (exact) mass is 416 g/mol. The molecule has 0 spiro atoms. The van der Waals surface area contributed by atoms with Crippen molar-refractivity contribution in [2.75, 3.05) is 18.1 Å². The summed E-state index contributed by atoms with van der Waals surface area (Å²) in [5.74, 6) is -0.552. The lowest BCUT2D eigenvalue weighted by Crippen LogP contribution is -2.36. The van der Waals surface area contributed by atoms with Crippen LogP contribution in [0.5, 0.6) is 0 Å². The van der Waals surface area contributed by atoms with Crippen LogP contribution in [0.4, 0.5) is 0 Å². The lowest BCUT2D eigenvalue weighted by molar-refractivity contribution is 0.0745. The van der Waals surface area contributed by atoms with Crippen LogP contribution in [0.1, 0.15) is 44.9 Å². The van der Waals surface area contributed by atoms with Gasteiger partial charge in [0.15, 0.2) is 15.5 Å². The van der Waals surface area contributed by atoms with E-state index in [2.05, 4.69) is 16.5 Å². The smallest absolute Gasteiger partial charge is 0.272 e. The maximum atomic E-state index is 13.0. The normalized spacial score (nSPS) is 20.9. The Morgan fingerprint density at radius 2 is 2.10 bits per heavy atom. The third-order valence-corrected chi connectivity index (χ3v) is 7.11. The molecule has 0 unspecified atom stereocenters. The molecular weight excluding hydrogens is 392 g/mol. The maximum Gasteiger partial charge on any atom is 0.272 e. The molecular formula is C20H24N4O4S. The predicted octanol–water partition coefficient (Wildman–Crippen LogP) is 1.15. The second-order valence-corrected chi connectivity index (χ2v) is 10.0. The van der Waals surface area contributed by atoms with E-state index in [1.165, 1.54) is 6.07 Å². The SMILES string of the molecule is Cc1cccc(CN2CCCn3nc(C(=O)N[C@H]4CCS(=O)(=O)C4)cc3C2=O)c1. The Kier molecular flexibility index (Phi) is 5.16. The summed E-state index contributed by atoms with van der Waals surface area (Å²) in [7, 11) is -3.08. The first-order valence-corrected chi connectivity index (χ1v) is 11.6. The van der Waals surface area contributed by atoms with Gasteiger partial charge in [-0.05, 0) is 25.3 Å².